The topological polar surface area (TPSA) is 72.6 Å². The predicted molar refractivity (Wildman–Crippen MR) is 83.7 cm³/mol. The van der Waals surface area contributed by atoms with Gasteiger partial charge in [-0.2, -0.15) is 4.31 Å². The van der Waals surface area contributed by atoms with Gasteiger partial charge >= 0.3 is 0 Å². The van der Waals surface area contributed by atoms with Crippen LogP contribution in [-0.4, -0.2) is 39.5 Å². The van der Waals surface area contributed by atoms with E-state index in [4.69, 9.17) is 10.5 Å². The second-order valence-electron chi connectivity index (χ2n) is 5.79. The van der Waals surface area contributed by atoms with E-state index in [-0.39, 0.29) is 4.90 Å². The lowest BCUT2D eigenvalue weighted by molar-refractivity contribution is 0.117. The molecule has 0 unspecified atom stereocenters. The van der Waals surface area contributed by atoms with E-state index in [2.05, 4.69) is 0 Å². The molecule has 0 saturated heterocycles. The van der Waals surface area contributed by atoms with Gasteiger partial charge in [0.15, 0.2) is 0 Å². The molecule has 1 aromatic carbocycles. The Morgan fingerprint density at radius 3 is 2.52 bits per heavy atom. The van der Waals surface area contributed by atoms with E-state index in [0.717, 1.165) is 12.2 Å². The Morgan fingerprint density at radius 2 is 1.90 bits per heavy atom. The number of anilines is 1. The van der Waals surface area contributed by atoms with Crippen LogP contribution in [0.2, 0.25) is 0 Å². The molecule has 1 fully saturated rings. The fourth-order valence-electron chi connectivity index (χ4n) is 2.15. The Balaban J connectivity index is 2.07. The van der Waals surface area contributed by atoms with Gasteiger partial charge in [-0.1, -0.05) is 12.1 Å². The fraction of sp³-hybridized carbons (Fsp3) is 0.600. The first-order valence-electron chi connectivity index (χ1n) is 7.23. The van der Waals surface area contributed by atoms with E-state index in [9.17, 15) is 8.42 Å². The van der Waals surface area contributed by atoms with Gasteiger partial charge in [-0.25, -0.2) is 8.42 Å². The van der Waals surface area contributed by atoms with Gasteiger partial charge in [0.25, 0.3) is 0 Å². The number of aryl methyl sites for hydroxylation is 2. The van der Waals surface area contributed by atoms with Crippen LogP contribution in [0.4, 0.5) is 5.69 Å². The van der Waals surface area contributed by atoms with E-state index >= 15 is 0 Å². The van der Waals surface area contributed by atoms with Crippen LogP contribution >= 0.6 is 0 Å². The maximum absolute atomic E-state index is 12.7. The molecule has 6 heteroatoms. The van der Waals surface area contributed by atoms with E-state index in [0.29, 0.717) is 30.3 Å². The lowest BCUT2D eigenvalue weighted by atomic mass is 10.1. The first-order chi connectivity index (χ1) is 9.84. The average molecular weight is 312 g/mol. The van der Waals surface area contributed by atoms with E-state index in [1.807, 2.05) is 13.0 Å². The number of hydrogen-bond donors (Lipinski definition) is 1. The molecule has 1 aromatic rings. The number of hydrogen-bond acceptors (Lipinski definition) is 4. The zero-order valence-corrected chi connectivity index (χ0v) is 13.7. The van der Waals surface area contributed by atoms with Crippen LogP contribution < -0.4 is 5.73 Å². The molecule has 2 N–H and O–H groups in total. The summed E-state index contributed by atoms with van der Waals surface area (Å²) < 4.78 is 32.1. The summed E-state index contributed by atoms with van der Waals surface area (Å²) in [5.41, 5.74) is 7.75. The van der Waals surface area contributed by atoms with Gasteiger partial charge in [0.1, 0.15) is 4.90 Å². The van der Waals surface area contributed by atoms with Crippen LogP contribution in [0.5, 0.6) is 0 Å². The Kier molecular flexibility index (Phi) is 4.91. The second kappa shape index (κ2) is 6.34. The summed E-state index contributed by atoms with van der Waals surface area (Å²) in [6, 6.07) is 3.62. The van der Waals surface area contributed by atoms with Crippen molar-refractivity contribution in [2.75, 3.05) is 32.5 Å². The minimum absolute atomic E-state index is 0.215. The summed E-state index contributed by atoms with van der Waals surface area (Å²) >= 11 is 0. The van der Waals surface area contributed by atoms with E-state index in [1.165, 1.54) is 17.1 Å². The van der Waals surface area contributed by atoms with Gasteiger partial charge < -0.3 is 10.5 Å². The number of nitrogen functional groups attached to an aromatic ring is 1. The van der Waals surface area contributed by atoms with Crippen LogP contribution in [0, 0.1) is 19.8 Å². The number of sulfonamides is 1. The molecule has 118 valence electrons. The fourth-order valence-corrected chi connectivity index (χ4v) is 3.69. The van der Waals surface area contributed by atoms with Crippen molar-refractivity contribution in [2.45, 2.75) is 31.6 Å². The number of ether oxygens (including phenoxy) is 1. The van der Waals surface area contributed by atoms with Crippen molar-refractivity contribution in [1.29, 1.82) is 0 Å². The highest BCUT2D eigenvalue weighted by molar-refractivity contribution is 7.89. The zero-order valence-electron chi connectivity index (χ0n) is 12.9. The van der Waals surface area contributed by atoms with Gasteiger partial charge in [0.05, 0.1) is 12.3 Å². The molecule has 5 nitrogen and oxygen atoms in total. The molecule has 0 bridgehead atoms. The van der Waals surface area contributed by atoms with Crippen molar-refractivity contribution >= 4 is 15.7 Å². The Hall–Kier alpha value is -1.11. The van der Waals surface area contributed by atoms with Crippen molar-refractivity contribution in [1.82, 2.24) is 4.31 Å². The third-order valence-corrected chi connectivity index (χ3v) is 5.94. The molecule has 0 heterocycles. The van der Waals surface area contributed by atoms with Crippen LogP contribution in [0.15, 0.2) is 17.0 Å². The van der Waals surface area contributed by atoms with E-state index in [1.54, 1.807) is 20.0 Å². The standard InChI is InChI=1S/C15H24N2O3S/c1-11-4-5-12(2)15(14(11)16)21(18,19)17(3)8-9-20-10-13-6-7-13/h4-5,13H,6-10,16H2,1-3H3. The van der Waals surface area contributed by atoms with Crippen molar-refractivity contribution in [3.8, 4) is 0 Å². The highest BCUT2D eigenvalue weighted by Gasteiger charge is 2.26. The van der Waals surface area contributed by atoms with Crippen molar-refractivity contribution in [2.24, 2.45) is 5.92 Å². The summed E-state index contributed by atoms with van der Waals surface area (Å²) in [7, 11) is -2.01. The van der Waals surface area contributed by atoms with Crippen LogP contribution in [0.1, 0.15) is 24.0 Å². The van der Waals surface area contributed by atoms with Crippen molar-refractivity contribution in [3.63, 3.8) is 0 Å². The summed E-state index contributed by atoms with van der Waals surface area (Å²) in [6.07, 6.45) is 2.46. The third-order valence-electron chi connectivity index (χ3n) is 3.88. The highest BCUT2D eigenvalue weighted by Crippen LogP contribution is 2.29. The summed E-state index contributed by atoms with van der Waals surface area (Å²) in [6.45, 7) is 5.06. The van der Waals surface area contributed by atoms with Gasteiger partial charge in [-0.3, -0.25) is 0 Å². The summed E-state index contributed by atoms with van der Waals surface area (Å²) in [5.74, 6) is 0.682. The number of nitrogens with zero attached hydrogens (tertiary/aromatic N) is 1. The molecule has 21 heavy (non-hydrogen) atoms. The van der Waals surface area contributed by atoms with E-state index < -0.39 is 10.0 Å². The average Bonchev–Trinajstić information content (AvgIpc) is 3.23. The van der Waals surface area contributed by atoms with Crippen molar-refractivity contribution < 1.29 is 13.2 Å². The lowest BCUT2D eigenvalue weighted by Crippen LogP contribution is -2.31. The molecule has 0 aliphatic heterocycles. The molecule has 0 radical (unpaired) electrons. The molecule has 0 amide bonds. The lowest BCUT2D eigenvalue weighted by Gasteiger charge is -2.20. The first kappa shape index (κ1) is 16.3. The van der Waals surface area contributed by atoms with Crippen LogP contribution in [0.3, 0.4) is 0 Å². The number of rotatable bonds is 7. The highest BCUT2D eigenvalue weighted by atomic mass is 32.2. The van der Waals surface area contributed by atoms with Gasteiger partial charge in [-0.15, -0.1) is 0 Å². The molecule has 1 aliphatic rings. The Morgan fingerprint density at radius 1 is 1.29 bits per heavy atom. The number of nitrogens with two attached hydrogens (primary N) is 1. The number of benzene rings is 1. The molecular formula is C15H24N2O3S. The number of likely N-dealkylation sites (N-methyl/N-ethyl adjacent to an activating group) is 1. The predicted octanol–water partition coefficient (Wildman–Crippen LogP) is 1.93. The molecule has 2 rings (SSSR count). The third kappa shape index (κ3) is 3.75. The molecular weight excluding hydrogens is 288 g/mol. The summed E-state index contributed by atoms with van der Waals surface area (Å²) in [4.78, 5) is 0.215. The second-order valence-corrected chi connectivity index (χ2v) is 7.77. The van der Waals surface area contributed by atoms with Gasteiger partial charge in [0, 0.05) is 20.2 Å². The quantitative estimate of drug-likeness (QED) is 0.617. The van der Waals surface area contributed by atoms with Gasteiger partial charge in [0.2, 0.25) is 10.0 Å². The van der Waals surface area contributed by atoms with Crippen LogP contribution in [0.25, 0.3) is 0 Å². The zero-order chi connectivity index (χ0) is 15.6. The Labute approximate surface area is 127 Å². The summed E-state index contributed by atoms with van der Waals surface area (Å²) in [5, 5.41) is 0. The first-order valence-corrected chi connectivity index (χ1v) is 8.67. The van der Waals surface area contributed by atoms with Crippen molar-refractivity contribution in [3.05, 3.63) is 23.3 Å². The minimum Gasteiger partial charge on any atom is -0.397 e. The molecule has 0 aromatic heterocycles. The molecule has 1 saturated carbocycles. The Bertz CT molecular complexity index is 610. The SMILES string of the molecule is Cc1ccc(C)c(S(=O)(=O)N(C)CCOCC2CC2)c1N. The minimum atomic E-state index is -3.58. The van der Waals surface area contributed by atoms with Gasteiger partial charge in [-0.05, 0) is 43.7 Å². The normalized spacial score (nSPS) is 15.6. The maximum Gasteiger partial charge on any atom is 0.245 e. The molecule has 0 atom stereocenters. The monoisotopic (exact) mass is 312 g/mol. The molecule has 1 aliphatic carbocycles. The molecule has 0 spiro atoms. The largest absolute Gasteiger partial charge is 0.397 e. The van der Waals surface area contributed by atoms with Crippen LogP contribution in [-0.2, 0) is 14.8 Å². The smallest absolute Gasteiger partial charge is 0.245 e. The maximum atomic E-state index is 12.7.